The summed E-state index contributed by atoms with van der Waals surface area (Å²) in [6, 6.07) is 8.03. The zero-order chi connectivity index (χ0) is 19.6. The smallest absolute Gasteiger partial charge is 0.199 e. The molecule has 2 aromatic rings. The summed E-state index contributed by atoms with van der Waals surface area (Å²) in [5, 5.41) is 4.74. The number of ether oxygens (including phenoxy) is 1. The van der Waals surface area contributed by atoms with Gasteiger partial charge in [-0.25, -0.2) is 13.1 Å². The maximum atomic E-state index is 11.9. The summed E-state index contributed by atoms with van der Waals surface area (Å²) in [5.74, 6) is 1.23. The third kappa shape index (κ3) is 4.48. The molecular formula is C18H26N4O3S2. The Hall–Kier alpha value is -1.55. The van der Waals surface area contributed by atoms with E-state index in [1.807, 2.05) is 42.8 Å². The minimum Gasteiger partial charge on any atom is -0.383 e. The van der Waals surface area contributed by atoms with Crippen LogP contribution in [0.3, 0.4) is 0 Å². The van der Waals surface area contributed by atoms with Crippen molar-refractivity contribution < 1.29 is 13.2 Å². The molecule has 0 bridgehead atoms. The Morgan fingerprint density at radius 3 is 2.74 bits per heavy atom. The Kier molecular flexibility index (Phi) is 6.15. The number of aryl methyl sites for hydroxylation is 1. The summed E-state index contributed by atoms with van der Waals surface area (Å²) < 4.78 is 33.3. The Morgan fingerprint density at radius 2 is 2.11 bits per heavy atom. The van der Waals surface area contributed by atoms with Crippen LogP contribution in [0.2, 0.25) is 0 Å². The molecule has 9 heteroatoms. The van der Waals surface area contributed by atoms with Crippen molar-refractivity contribution in [2.24, 2.45) is 7.05 Å². The largest absolute Gasteiger partial charge is 0.383 e. The summed E-state index contributed by atoms with van der Waals surface area (Å²) in [6.45, 7) is 3.66. The lowest BCUT2D eigenvalue weighted by Crippen LogP contribution is -2.40. The highest BCUT2D eigenvalue weighted by Crippen LogP contribution is 2.23. The van der Waals surface area contributed by atoms with Crippen LogP contribution in [0.15, 0.2) is 24.3 Å². The van der Waals surface area contributed by atoms with Crippen molar-refractivity contribution in [3.05, 3.63) is 34.6 Å². The molecule has 1 aliphatic rings. The summed E-state index contributed by atoms with van der Waals surface area (Å²) in [6.07, 6.45) is 0.636. The molecule has 7 nitrogen and oxygen atoms in total. The number of aromatic nitrogens is 3. The average Bonchev–Trinajstić information content (AvgIpc) is 3.13. The second kappa shape index (κ2) is 8.22. The zero-order valence-corrected chi connectivity index (χ0v) is 17.6. The van der Waals surface area contributed by atoms with Gasteiger partial charge < -0.3 is 9.30 Å². The van der Waals surface area contributed by atoms with Gasteiger partial charge in [-0.05, 0) is 31.1 Å². The summed E-state index contributed by atoms with van der Waals surface area (Å²) >= 11 is 5.60. The highest BCUT2D eigenvalue weighted by molar-refractivity contribution is 7.91. The molecule has 1 aromatic heterocycles. The Bertz CT molecular complexity index is 965. The van der Waals surface area contributed by atoms with Crippen molar-refractivity contribution in [2.45, 2.75) is 26.1 Å². The quantitative estimate of drug-likeness (QED) is 0.651. The van der Waals surface area contributed by atoms with Gasteiger partial charge in [0, 0.05) is 32.3 Å². The summed E-state index contributed by atoms with van der Waals surface area (Å²) in [4.78, 5) is 2.11. The second-order valence-corrected chi connectivity index (χ2v) is 9.58. The van der Waals surface area contributed by atoms with E-state index in [2.05, 4.69) is 4.90 Å². The molecule has 27 heavy (non-hydrogen) atoms. The number of hydrogen-bond acceptors (Lipinski definition) is 6. The van der Waals surface area contributed by atoms with Gasteiger partial charge in [-0.1, -0.05) is 24.3 Å². The first kappa shape index (κ1) is 20.2. The first-order valence-electron chi connectivity index (χ1n) is 8.95. The van der Waals surface area contributed by atoms with Gasteiger partial charge in [-0.15, -0.1) is 0 Å². The van der Waals surface area contributed by atoms with Crippen LogP contribution < -0.4 is 0 Å². The molecule has 2 heterocycles. The number of hydrogen-bond donors (Lipinski definition) is 0. The molecule has 1 saturated heterocycles. The van der Waals surface area contributed by atoms with Crippen LogP contribution in [0.5, 0.6) is 0 Å². The van der Waals surface area contributed by atoms with Gasteiger partial charge in [0.05, 0.1) is 24.8 Å². The molecule has 0 aliphatic carbocycles. The third-order valence-electron chi connectivity index (χ3n) is 5.05. The number of nitrogens with zero attached hydrogens (tertiary/aromatic N) is 4. The first-order chi connectivity index (χ1) is 12.8. The van der Waals surface area contributed by atoms with Gasteiger partial charge >= 0.3 is 0 Å². The Labute approximate surface area is 165 Å². The molecule has 0 radical (unpaired) electrons. The fraction of sp³-hybridized carbons (Fsp3) is 0.556. The van der Waals surface area contributed by atoms with E-state index in [1.54, 1.807) is 11.8 Å². The van der Waals surface area contributed by atoms with Crippen LogP contribution in [-0.4, -0.2) is 65.5 Å². The maximum Gasteiger partial charge on any atom is 0.199 e. The molecule has 148 valence electrons. The van der Waals surface area contributed by atoms with E-state index in [0.717, 1.165) is 17.0 Å². The minimum absolute atomic E-state index is 0.0315. The van der Waals surface area contributed by atoms with Crippen LogP contribution in [0.1, 0.15) is 12.0 Å². The van der Waals surface area contributed by atoms with Crippen molar-refractivity contribution in [1.29, 1.82) is 0 Å². The highest BCUT2D eigenvalue weighted by Gasteiger charge is 2.32. The Morgan fingerprint density at radius 1 is 1.37 bits per heavy atom. The lowest BCUT2D eigenvalue weighted by molar-refractivity contribution is 0.0980. The molecule has 1 aliphatic heterocycles. The standard InChI is InChI=1S/C18H26N4O3S2/c1-14-6-4-5-7-16(14)17-19-22(18(26)20(17)2)13-21(9-10-25-3)15-8-11-27(23,24)12-15/h4-7,15H,8-13H2,1-3H3/t15-/m0/s1. The van der Waals surface area contributed by atoms with Crippen molar-refractivity contribution in [3.63, 3.8) is 0 Å². The zero-order valence-electron chi connectivity index (χ0n) is 16.0. The molecule has 0 N–H and O–H groups in total. The monoisotopic (exact) mass is 410 g/mol. The molecule has 3 rings (SSSR count). The fourth-order valence-corrected chi connectivity index (χ4v) is 5.40. The number of sulfone groups is 1. The van der Waals surface area contributed by atoms with Gasteiger partial charge in [-0.3, -0.25) is 4.90 Å². The van der Waals surface area contributed by atoms with Crippen LogP contribution in [-0.2, 0) is 28.3 Å². The number of benzene rings is 1. The molecule has 1 atom stereocenters. The Balaban J connectivity index is 1.89. The van der Waals surface area contributed by atoms with Crippen molar-refractivity contribution in [3.8, 4) is 11.4 Å². The van der Waals surface area contributed by atoms with Gasteiger partial charge in [-0.2, -0.15) is 5.10 Å². The normalized spacial score (nSPS) is 19.0. The maximum absolute atomic E-state index is 11.9. The van der Waals surface area contributed by atoms with E-state index in [0.29, 0.717) is 31.0 Å². The predicted molar refractivity (Wildman–Crippen MR) is 108 cm³/mol. The molecular weight excluding hydrogens is 384 g/mol. The van der Waals surface area contributed by atoms with Crippen LogP contribution in [0.25, 0.3) is 11.4 Å². The van der Waals surface area contributed by atoms with Crippen molar-refractivity contribution >= 4 is 22.1 Å². The van der Waals surface area contributed by atoms with Gasteiger partial charge in [0.2, 0.25) is 0 Å². The number of rotatable bonds is 7. The summed E-state index contributed by atoms with van der Waals surface area (Å²) in [5.41, 5.74) is 2.17. The van der Waals surface area contributed by atoms with Gasteiger partial charge in [0.25, 0.3) is 0 Å². The molecule has 1 fully saturated rings. The van der Waals surface area contributed by atoms with Crippen LogP contribution in [0.4, 0.5) is 0 Å². The second-order valence-electron chi connectivity index (χ2n) is 6.98. The minimum atomic E-state index is -2.96. The van der Waals surface area contributed by atoms with Crippen LogP contribution >= 0.6 is 12.2 Å². The first-order valence-corrected chi connectivity index (χ1v) is 11.2. The summed E-state index contributed by atoms with van der Waals surface area (Å²) in [7, 11) is 0.592. The lowest BCUT2D eigenvalue weighted by atomic mass is 10.1. The third-order valence-corrected chi connectivity index (χ3v) is 7.28. The van der Waals surface area contributed by atoms with E-state index in [9.17, 15) is 8.42 Å². The lowest BCUT2D eigenvalue weighted by Gasteiger charge is -2.27. The fourth-order valence-electron chi connectivity index (χ4n) is 3.45. The average molecular weight is 411 g/mol. The van der Waals surface area contributed by atoms with Crippen molar-refractivity contribution in [2.75, 3.05) is 31.8 Å². The van der Waals surface area contributed by atoms with E-state index < -0.39 is 9.84 Å². The van der Waals surface area contributed by atoms with E-state index in [4.69, 9.17) is 22.1 Å². The molecule has 0 amide bonds. The van der Waals surface area contributed by atoms with Crippen LogP contribution in [0, 0.1) is 11.7 Å². The molecule has 0 saturated carbocycles. The molecule has 0 unspecified atom stereocenters. The highest BCUT2D eigenvalue weighted by atomic mass is 32.2. The molecule has 0 spiro atoms. The van der Waals surface area contributed by atoms with Gasteiger partial charge in [0.1, 0.15) is 0 Å². The predicted octanol–water partition coefficient (Wildman–Crippen LogP) is 2.02. The molecule has 1 aromatic carbocycles. The number of methoxy groups -OCH3 is 1. The topological polar surface area (TPSA) is 69.4 Å². The van der Waals surface area contributed by atoms with Crippen molar-refractivity contribution in [1.82, 2.24) is 19.2 Å². The van der Waals surface area contributed by atoms with E-state index in [-0.39, 0.29) is 17.5 Å². The van der Waals surface area contributed by atoms with E-state index >= 15 is 0 Å². The van der Waals surface area contributed by atoms with Gasteiger partial charge in [0.15, 0.2) is 20.4 Å². The SMILES string of the molecule is COCCN(Cn1nc(-c2ccccc2C)n(C)c1=S)[C@H]1CCS(=O)(=O)C1. The van der Waals surface area contributed by atoms with E-state index in [1.165, 1.54) is 0 Å².